The van der Waals surface area contributed by atoms with E-state index in [1.165, 1.54) is 12.1 Å². The zero-order valence-electron chi connectivity index (χ0n) is 10.5. The predicted molar refractivity (Wildman–Crippen MR) is 69.8 cm³/mol. The lowest BCUT2D eigenvalue weighted by Gasteiger charge is -2.13. The second-order valence-electron chi connectivity index (χ2n) is 4.28. The van der Waals surface area contributed by atoms with Crippen LogP contribution in [0.1, 0.15) is 36.5 Å². The van der Waals surface area contributed by atoms with Gasteiger partial charge < -0.3 is 10.4 Å². The van der Waals surface area contributed by atoms with Crippen LogP contribution in [0.2, 0.25) is 5.02 Å². The highest BCUT2D eigenvalue weighted by Crippen LogP contribution is 2.14. The Morgan fingerprint density at radius 3 is 2.74 bits per heavy atom. The van der Waals surface area contributed by atoms with E-state index < -0.39 is 17.7 Å². The van der Waals surface area contributed by atoms with Crippen molar-refractivity contribution in [1.82, 2.24) is 5.32 Å². The van der Waals surface area contributed by atoms with Gasteiger partial charge >= 0.3 is 5.97 Å². The summed E-state index contributed by atoms with van der Waals surface area (Å²) in [5.74, 6) is -2.08. The molecule has 104 valence electrons. The molecule has 0 aromatic heterocycles. The Bertz CT molecular complexity index is 479. The average Bonchev–Trinajstić information content (AvgIpc) is 2.27. The number of hydrogen-bond donors (Lipinski definition) is 2. The second-order valence-corrected chi connectivity index (χ2v) is 4.72. The Morgan fingerprint density at radius 2 is 2.16 bits per heavy atom. The van der Waals surface area contributed by atoms with Crippen LogP contribution >= 0.6 is 11.6 Å². The number of rotatable bonds is 6. The van der Waals surface area contributed by atoms with Gasteiger partial charge in [-0.3, -0.25) is 9.59 Å². The fraction of sp³-hybridized carbons (Fsp3) is 0.385. The van der Waals surface area contributed by atoms with Crippen LogP contribution in [-0.2, 0) is 4.79 Å². The van der Waals surface area contributed by atoms with E-state index in [-0.39, 0.29) is 23.0 Å². The van der Waals surface area contributed by atoms with Gasteiger partial charge in [0.2, 0.25) is 0 Å². The molecule has 1 aromatic carbocycles. The Balaban J connectivity index is 2.52. The minimum atomic E-state index is -0.873. The van der Waals surface area contributed by atoms with E-state index >= 15 is 0 Å². The molecule has 0 spiro atoms. The average molecular weight is 288 g/mol. The van der Waals surface area contributed by atoms with Gasteiger partial charge in [-0.1, -0.05) is 11.6 Å². The van der Waals surface area contributed by atoms with Crippen molar-refractivity contribution in [2.24, 2.45) is 0 Å². The van der Waals surface area contributed by atoms with Gasteiger partial charge in [0.05, 0.1) is 5.56 Å². The fourth-order valence-electron chi connectivity index (χ4n) is 1.61. The van der Waals surface area contributed by atoms with Crippen molar-refractivity contribution in [1.29, 1.82) is 0 Å². The van der Waals surface area contributed by atoms with Gasteiger partial charge in [0.25, 0.3) is 5.91 Å². The van der Waals surface area contributed by atoms with E-state index in [0.717, 1.165) is 6.07 Å². The Morgan fingerprint density at radius 1 is 1.47 bits per heavy atom. The molecular weight excluding hydrogens is 273 g/mol. The maximum Gasteiger partial charge on any atom is 0.303 e. The van der Waals surface area contributed by atoms with Crippen molar-refractivity contribution >= 4 is 23.5 Å². The maximum absolute atomic E-state index is 13.5. The van der Waals surface area contributed by atoms with Crippen LogP contribution in [0, 0.1) is 5.82 Å². The normalized spacial score (nSPS) is 11.9. The summed E-state index contributed by atoms with van der Waals surface area (Å²) in [6.45, 7) is 1.74. The van der Waals surface area contributed by atoms with E-state index in [9.17, 15) is 14.0 Å². The summed E-state index contributed by atoms with van der Waals surface area (Å²) in [6, 6.07) is 3.61. The molecule has 0 radical (unpaired) electrons. The van der Waals surface area contributed by atoms with Crippen molar-refractivity contribution in [3.05, 3.63) is 34.6 Å². The van der Waals surface area contributed by atoms with Crippen LogP contribution in [0.4, 0.5) is 4.39 Å². The minimum absolute atomic E-state index is 0.0511. The third-order valence-electron chi connectivity index (χ3n) is 2.58. The lowest BCUT2D eigenvalue weighted by molar-refractivity contribution is -0.137. The summed E-state index contributed by atoms with van der Waals surface area (Å²) < 4.78 is 13.5. The molecule has 0 aliphatic rings. The number of benzene rings is 1. The standard InChI is InChI=1S/C13H15ClFNO3/c1-8(3-2-4-12(17)18)16-13(19)10-6-5-9(14)7-11(10)15/h5-8H,2-4H2,1H3,(H,16,19)(H,17,18). The van der Waals surface area contributed by atoms with E-state index in [1.54, 1.807) is 6.92 Å². The zero-order chi connectivity index (χ0) is 14.4. The van der Waals surface area contributed by atoms with Crippen LogP contribution in [0.25, 0.3) is 0 Å². The van der Waals surface area contributed by atoms with Gasteiger partial charge in [0, 0.05) is 17.5 Å². The number of amides is 1. The van der Waals surface area contributed by atoms with Crippen molar-refractivity contribution < 1.29 is 19.1 Å². The molecule has 1 atom stereocenters. The van der Waals surface area contributed by atoms with E-state index in [4.69, 9.17) is 16.7 Å². The number of carbonyl (C=O) groups is 2. The van der Waals surface area contributed by atoms with Crippen molar-refractivity contribution in [2.75, 3.05) is 0 Å². The van der Waals surface area contributed by atoms with Gasteiger partial charge in [0.1, 0.15) is 5.82 Å². The monoisotopic (exact) mass is 287 g/mol. The first-order valence-electron chi connectivity index (χ1n) is 5.88. The Labute approximate surface area is 115 Å². The zero-order valence-corrected chi connectivity index (χ0v) is 11.2. The van der Waals surface area contributed by atoms with Crippen LogP contribution < -0.4 is 5.32 Å². The highest BCUT2D eigenvalue weighted by atomic mass is 35.5. The number of carboxylic acid groups (broad SMARTS) is 1. The maximum atomic E-state index is 13.5. The van der Waals surface area contributed by atoms with Gasteiger partial charge in [-0.05, 0) is 38.0 Å². The fourth-order valence-corrected chi connectivity index (χ4v) is 1.77. The molecule has 1 amide bonds. The second kappa shape index (κ2) is 7.09. The molecule has 0 bridgehead atoms. The topological polar surface area (TPSA) is 66.4 Å². The number of carboxylic acids is 1. The minimum Gasteiger partial charge on any atom is -0.481 e. The van der Waals surface area contributed by atoms with Crippen LogP contribution in [0.5, 0.6) is 0 Å². The predicted octanol–water partition coefficient (Wildman–Crippen LogP) is 2.85. The highest BCUT2D eigenvalue weighted by molar-refractivity contribution is 6.30. The number of hydrogen-bond acceptors (Lipinski definition) is 2. The first-order chi connectivity index (χ1) is 8.90. The van der Waals surface area contributed by atoms with Crippen LogP contribution in [0.3, 0.4) is 0 Å². The molecule has 1 unspecified atom stereocenters. The molecule has 2 N–H and O–H groups in total. The highest BCUT2D eigenvalue weighted by Gasteiger charge is 2.14. The van der Waals surface area contributed by atoms with Crippen molar-refractivity contribution in [3.8, 4) is 0 Å². The largest absolute Gasteiger partial charge is 0.481 e. The van der Waals surface area contributed by atoms with Gasteiger partial charge in [-0.15, -0.1) is 0 Å². The van der Waals surface area contributed by atoms with Crippen molar-refractivity contribution in [2.45, 2.75) is 32.2 Å². The first kappa shape index (κ1) is 15.4. The summed E-state index contributed by atoms with van der Waals surface area (Å²) in [5.41, 5.74) is -0.0746. The van der Waals surface area contributed by atoms with Crippen molar-refractivity contribution in [3.63, 3.8) is 0 Å². The molecular formula is C13H15ClFNO3. The summed E-state index contributed by atoms with van der Waals surface area (Å²) in [5, 5.41) is 11.3. The number of carbonyl (C=O) groups excluding carboxylic acids is 1. The van der Waals surface area contributed by atoms with Gasteiger partial charge in [0.15, 0.2) is 0 Å². The third-order valence-corrected chi connectivity index (χ3v) is 2.82. The molecule has 0 fully saturated rings. The molecule has 0 saturated heterocycles. The molecule has 6 heteroatoms. The smallest absolute Gasteiger partial charge is 0.303 e. The van der Waals surface area contributed by atoms with E-state index in [1.807, 2.05) is 0 Å². The molecule has 0 aliphatic carbocycles. The Hall–Kier alpha value is -1.62. The number of aliphatic carboxylic acids is 1. The third kappa shape index (κ3) is 5.26. The molecule has 19 heavy (non-hydrogen) atoms. The number of halogens is 2. The van der Waals surface area contributed by atoms with Gasteiger partial charge in [-0.2, -0.15) is 0 Å². The summed E-state index contributed by atoms with van der Waals surface area (Å²) in [7, 11) is 0. The number of nitrogens with one attached hydrogen (secondary N) is 1. The van der Waals surface area contributed by atoms with Crippen LogP contribution in [0.15, 0.2) is 18.2 Å². The summed E-state index contributed by atoms with van der Waals surface area (Å²) >= 11 is 5.60. The lowest BCUT2D eigenvalue weighted by Crippen LogP contribution is -2.33. The molecule has 1 rings (SSSR count). The quantitative estimate of drug-likeness (QED) is 0.845. The molecule has 4 nitrogen and oxygen atoms in total. The van der Waals surface area contributed by atoms with Crippen LogP contribution in [-0.4, -0.2) is 23.0 Å². The molecule has 1 aromatic rings. The lowest BCUT2D eigenvalue weighted by atomic mass is 10.1. The van der Waals surface area contributed by atoms with E-state index in [2.05, 4.69) is 5.32 Å². The Kier molecular flexibility index (Phi) is 5.76. The molecule has 0 saturated carbocycles. The van der Waals surface area contributed by atoms with E-state index in [0.29, 0.717) is 12.8 Å². The molecule has 0 heterocycles. The summed E-state index contributed by atoms with van der Waals surface area (Å²) in [4.78, 5) is 22.1. The van der Waals surface area contributed by atoms with Gasteiger partial charge in [-0.25, -0.2) is 4.39 Å². The summed E-state index contributed by atoms with van der Waals surface area (Å²) in [6.07, 6.45) is 1.03. The first-order valence-corrected chi connectivity index (χ1v) is 6.25. The molecule has 0 aliphatic heterocycles. The SMILES string of the molecule is CC(CCCC(=O)O)NC(=O)c1ccc(Cl)cc1F.